The van der Waals surface area contributed by atoms with Gasteiger partial charge in [0, 0.05) is 38.3 Å². The third-order valence-corrected chi connectivity index (χ3v) is 6.00. The summed E-state index contributed by atoms with van der Waals surface area (Å²) in [5.41, 5.74) is 6.13. The van der Waals surface area contributed by atoms with Crippen LogP contribution in [-0.2, 0) is 9.53 Å². The van der Waals surface area contributed by atoms with Crippen LogP contribution in [0.25, 0.3) is 0 Å². The second-order valence-electron chi connectivity index (χ2n) is 8.01. The van der Waals surface area contributed by atoms with Crippen molar-refractivity contribution in [3.05, 3.63) is 0 Å². The molecule has 3 unspecified atom stereocenters. The minimum atomic E-state index is -0.313. The molecular formula is C18H33N3O2. The maximum Gasteiger partial charge on any atom is 0.227 e. The average Bonchev–Trinajstić information content (AvgIpc) is 2.55. The van der Waals surface area contributed by atoms with Gasteiger partial charge in [0.2, 0.25) is 5.91 Å². The Bertz CT molecular complexity index is 407. The van der Waals surface area contributed by atoms with Gasteiger partial charge in [0.15, 0.2) is 0 Å². The van der Waals surface area contributed by atoms with E-state index in [0.29, 0.717) is 11.8 Å². The van der Waals surface area contributed by atoms with Gasteiger partial charge in [-0.25, -0.2) is 0 Å². The van der Waals surface area contributed by atoms with E-state index in [-0.39, 0.29) is 11.5 Å². The fourth-order valence-electron chi connectivity index (χ4n) is 4.55. The quantitative estimate of drug-likeness (QED) is 0.854. The van der Waals surface area contributed by atoms with Crippen molar-refractivity contribution in [1.29, 1.82) is 0 Å². The number of morpholine rings is 1. The normalized spacial score (nSPS) is 36.9. The highest BCUT2D eigenvalue weighted by Crippen LogP contribution is 2.34. The maximum absolute atomic E-state index is 13.0. The van der Waals surface area contributed by atoms with Crippen LogP contribution < -0.4 is 5.73 Å². The molecule has 2 aliphatic heterocycles. The molecule has 5 nitrogen and oxygen atoms in total. The lowest BCUT2D eigenvalue weighted by Gasteiger charge is -2.43. The van der Waals surface area contributed by atoms with E-state index in [9.17, 15) is 4.79 Å². The van der Waals surface area contributed by atoms with Crippen LogP contribution in [0.15, 0.2) is 0 Å². The van der Waals surface area contributed by atoms with Gasteiger partial charge in [-0.3, -0.25) is 9.69 Å². The first-order chi connectivity index (χ1) is 11.1. The minimum Gasteiger partial charge on any atom is -0.379 e. The molecule has 3 aliphatic rings. The predicted molar refractivity (Wildman–Crippen MR) is 91.1 cm³/mol. The van der Waals surface area contributed by atoms with E-state index in [2.05, 4.69) is 16.7 Å². The van der Waals surface area contributed by atoms with Gasteiger partial charge >= 0.3 is 0 Å². The molecule has 1 saturated carbocycles. The van der Waals surface area contributed by atoms with Crippen LogP contribution in [0.3, 0.4) is 0 Å². The molecule has 0 aromatic rings. The van der Waals surface area contributed by atoms with E-state index in [1.165, 1.54) is 6.42 Å². The smallest absolute Gasteiger partial charge is 0.227 e. The van der Waals surface area contributed by atoms with Gasteiger partial charge in [0.1, 0.15) is 0 Å². The van der Waals surface area contributed by atoms with Crippen molar-refractivity contribution in [2.75, 3.05) is 45.9 Å². The maximum atomic E-state index is 13.0. The molecule has 5 heteroatoms. The number of ether oxygens (including phenoxy) is 1. The molecule has 2 saturated heterocycles. The number of carbonyl (C=O) groups is 1. The molecule has 0 bridgehead atoms. The van der Waals surface area contributed by atoms with Crippen molar-refractivity contribution in [2.24, 2.45) is 17.6 Å². The lowest BCUT2D eigenvalue weighted by atomic mass is 9.73. The van der Waals surface area contributed by atoms with Gasteiger partial charge in [-0.05, 0) is 38.5 Å². The highest BCUT2D eigenvalue weighted by Gasteiger charge is 2.40. The summed E-state index contributed by atoms with van der Waals surface area (Å²) < 4.78 is 5.43. The topological polar surface area (TPSA) is 58.8 Å². The first-order valence-electron chi connectivity index (χ1n) is 9.44. The number of hydrogen-bond acceptors (Lipinski definition) is 4. The molecule has 2 heterocycles. The number of carbonyl (C=O) groups excluding carboxylic acids is 1. The number of nitrogens with two attached hydrogens (primary N) is 1. The van der Waals surface area contributed by atoms with E-state index in [1.54, 1.807) is 0 Å². The van der Waals surface area contributed by atoms with Crippen LogP contribution in [0.5, 0.6) is 0 Å². The van der Waals surface area contributed by atoms with Crippen LogP contribution in [0.1, 0.15) is 45.4 Å². The molecule has 3 rings (SSSR count). The number of rotatable bonds is 3. The van der Waals surface area contributed by atoms with E-state index in [4.69, 9.17) is 10.5 Å². The zero-order valence-electron chi connectivity index (χ0n) is 14.6. The number of piperidine rings is 1. The summed E-state index contributed by atoms with van der Waals surface area (Å²) in [4.78, 5) is 17.6. The Kier molecular flexibility index (Phi) is 5.60. The number of amides is 1. The first kappa shape index (κ1) is 17.2. The highest BCUT2D eigenvalue weighted by molar-refractivity contribution is 5.80. The molecule has 3 fully saturated rings. The Morgan fingerprint density at radius 2 is 1.96 bits per heavy atom. The van der Waals surface area contributed by atoms with Crippen LogP contribution in [-0.4, -0.2) is 67.2 Å². The standard InChI is InChI=1S/C18H33N3O2/c1-18(19)7-3-2-6-16(18)17(22)21-8-4-5-15(14-21)13-20-9-11-23-12-10-20/h15-16H,2-14,19H2,1H3. The van der Waals surface area contributed by atoms with E-state index >= 15 is 0 Å². The van der Waals surface area contributed by atoms with Gasteiger partial charge in [-0.2, -0.15) is 0 Å². The lowest BCUT2D eigenvalue weighted by molar-refractivity contribution is -0.141. The van der Waals surface area contributed by atoms with E-state index in [1.807, 2.05) is 0 Å². The van der Waals surface area contributed by atoms with Crippen molar-refractivity contribution in [3.63, 3.8) is 0 Å². The van der Waals surface area contributed by atoms with Gasteiger partial charge in [-0.15, -0.1) is 0 Å². The Labute approximate surface area is 140 Å². The Morgan fingerprint density at radius 3 is 2.70 bits per heavy atom. The third-order valence-electron chi connectivity index (χ3n) is 6.00. The summed E-state index contributed by atoms with van der Waals surface area (Å²) >= 11 is 0. The molecule has 1 amide bonds. The zero-order chi connectivity index (χ0) is 16.3. The summed E-state index contributed by atoms with van der Waals surface area (Å²) in [5.74, 6) is 0.957. The molecule has 132 valence electrons. The Morgan fingerprint density at radius 1 is 1.17 bits per heavy atom. The summed E-state index contributed by atoms with van der Waals surface area (Å²) in [5, 5.41) is 0. The van der Waals surface area contributed by atoms with Gasteiger partial charge in [-0.1, -0.05) is 12.8 Å². The van der Waals surface area contributed by atoms with E-state index < -0.39 is 0 Å². The van der Waals surface area contributed by atoms with Crippen LogP contribution in [0, 0.1) is 11.8 Å². The highest BCUT2D eigenvalue weighted by atomic mass is 16.5. The Balaban J connectivity index is 1.55. The molecule has 1 aliphatic carbocycles. The second kappa shape index (κ2) is 7.49. The molecule has 2 N–H and O–H groups in total. The average molecular weight is 323 g/mol. The largest absolute Gasteiger partial charge is 0.379 e. The van der Waals surface area contributed by atoms with Crippen molar-refractivity contribution >= 4 is 5.91 Å². The number of hydrogen-bond donors (Lipinski definition) is 1. The van der Waals surface area contributed by atoms with Crippen LogP contribution >= 0.6 is 0 Å². The van der Waals surface area contributed by atoms with Gasteiger partial charge in [0.25, 0.3) is 0 Å². The van der Waals surface area contributed by atoms with Crippen LogP contribution in [0.4, 0.5) is 0 Å². The predicted octanol–water partition coefficient (Wildman–Crippen LogP) is 1.46. The monoisotopic (exact) mass is 323 g/mol. The van der Waals surface area contributed by atoms with Gasteiger partial charge < -0.3 is 15.4 Å². The lowest BCUT2D eigenvalue weighted by Crippen LogP contribution is -2.55. The van der Waals surface area contributed by atoms with Crippen LogP contribution in [0.2, 0.25) is 0 Å². The number of likely N-dealkylation sites (tertiary alicyclic amines) is 1. The third kappa shape index (κ3) is 4.25. The fourth-order valence-corrected chi connectivity index (χ4v) is 4.55. The Hall–Kier alpha value is -0.650. The molecule has 0 aromatic carbocycles. The molecule has 23 heavy (non-hydrogen) atoms. The SMILES string of the molecule is CC1(N)CCCCC1C(=O)N1CCCC(CN2CCOCC2)C1. The second-order valence-corrected chi connectivity index (χ2v) is 8.01. The summed E-state index contributed by atoms with van der Waals surface area (Å²) in [6, 6.07) is 0. The summed E-state index contributed by atoms with van der Waals surface area (Å²) in [6.45, 7) is 8.79. The van der Waals surface area contributed by atoms with Crippen molar-refractivity contribution in [1.82, 2.24) is 9.80 Å². The molecule has 0 spiro atoms. The zero-order valence-corrected chi connectivity index (χ0v) is 14.6. The minimum absolute atomic E-state index is 0.0263. The molecule has 3 atom stereocenters. The van der Waals surface area contributed by atoms with Crippen molar-refractivity contribution in [2.45, 2.75) is 51.0 Å². The van der Waals surface area contributed by atoms with E-state index in [0.717, 1.165) is 78.0 Å². The molecule has 0 radical (unpaired) electrons. The first-order valence-corrected chi connectivity index (χ1v) is 9.44. The molecular weight excluding hydrogens is 290 g/mol. The molecule has 0 aromatic heterocycles. The van der Waals surface area contributed by atoms with Crippen molar-refractivity contribution in [3.8, 4) is 0 Å². The fraction of sp³-hybridized carbons (Fsp3) is 0.944. The summed E-state index contributed by atoms with van der Waals surface area (Å²) in [6.07, 6.45) is 6.63. The number of nitrogens with zero attached hydrogens (tertiary/aromatic N) is 2. The summed E-state index contributed by atoms with van der Waals surface area (Å²) in [7, 11) is 0. The van der Waals surface area contributed by atoms with Crippen molar-refractivity contribution < 1.29 is 9.53 Å². The van der Waals surface area contributed by atoms with Gasteiger partial charge in [0.05, 0.1) is 19.1 Å².